The van der Waals surface area contributed by atoms with Crippen molar-refractivity contribution in [3.63, 3.8) is 0 Å². The van der Waals surface area contributed by atoms with Crippen molar-refractivity contribution < 1.29 is 9.00 Å². The molecule has 0 aliphatic carbocycles. The van der Waals surface area contributed by atoms with E-state index in [0.717, 1.165) is 41.9 Å². The van der Waals surface area contributed by atoms with Gasteiger partial charge in [-0.25, -0.2) is 4.21 Å². The van der Waals surface area contributed by atoms with Crippen LogP contribution in [0.15, 0.2) is 60.2 Å². The van der Waals surface area contributed by atoms with Crippen LogP contribution in [0.5, 0.6) is 0 Å². The number of allylic oxidation sites excluding steroid dienone is 4. The molecular weight excluding hydrogens is 334 g/mol. The van der Waals surface area contributed by atoms with Gasteiger partial charge in [0, 0.05) is 13.0 Å². The topological polar surface area (TPSA) is 84.2 Å². The molecule has 1 aromatic carbocycles. The van der Waals surface area contributed by atoms with Crippen molar-refractivity contribution in [1.29, 1.82) is 0 Å². The Balaban J connectivity index is 1.77. The summed E-state index contributed by atoms with van der Waals surface area (Å²) in [5, 5.41) is 3.04. The lowest BCUT2D eigenvalue weighted by Crippen LogP contribution is -2.18. The third-order valence-corrected chi connectivity index (χ3v) is 5.40. The Bertz CT molecular complexity index is 725. The first-order valence-corrected chi connectivity index (χ1v) is 9.53. The molecule has 1 fully saturated rings. The minimum atomic E-state index is -1.34. The van der Waals surface area contributed by atoms with E-state index in [-0.39, 0.29) is 17.6 Å². The Morgan fingerprint density at radius 3 is 2.84 bits per heavy atom. The number of nitrogens with one attached hydrogen (secondary N) is 2. The molecule has 2 unspecified atom stereocenters. The fraction of sp³-hybridized carbons (Fsp3) is 0.316. The average Bonchev–Trinajstić information content (AvgIpc) is 2.92. The summed E-state index contributed by atoms with van der Waals surface area (Å²) in [6, 6.07) is 7.69. The molecule has 0 radical (unpaired) electrons. The van der Waals surface area contributed by atoms with Crippen molar-refractivity contribution in [2.45, 2.75) is 31.4 Å². The van der Waals surface area contributed by atoms with Gasteiger partial charge in [-0.1, -0.05) is 42.5 Å². The number of benzene rings is 1. The molecule has 1 saturated heterocycles. The zero-order valence-electron chi connectivity index (χ0n) is 14.5. The number of rotatable bonds is 8. The van der Waals surface area contributed by atoms with E-state index in [4.69, 9.17) is 5.73 Å². The van der Waals surface area contributed by atoms with Gasteiger partial charge in [0.25, 0.3) is 0 Å². The van der Waals surface area contributed by atoms with Crippen LogP contribution in [0.25, 0.3) is 0 Å². The van der Waals surface area contributed by atoms with Gasteiger partial charge < -0.3 is 11.1 Å². The second kappa shape index (κ2) is 9.22. The molecule has 0 saturated carbocycles. The van der Waals surface area contributed by atoms with E-state index < -0.39 is 11.0 Å². The first kappa shape index (κ1) is 19.0. The minimum Gasteiger partial charge on any atom is -0.397 e. The maximum atomic E-state index is 11.9. The molecule has 5 nitrogen and oxygen atoms in total. The number of nitrogens with two attached hydrogens (primary N) is 1. The molecule has 25 heavy (non-hydrogen) atoms. The van der Waals surface area contributed by atoms with E-state index in [1.165, 1.54) is 0 Å². The number of carbonyl (C=O) groups excluding carboxylic acids is 1. The molecule has 1 aliphatic heterocycles. The Morgan fingerprint density at radius 2 is 2.20 bits per heavy atom. The minimum absolute atomic E-state index is 0.166. The van der Waals surface area contributed by atoms with E-state index in [1.807, 2.05) is 49.4 Å². The van der Waals surface area contributed by atoms with Crippen LogP contribution in [0.4, 0.5) is 11.4 Å². The smallest absolute Gasteiger partial charge is 0.233 e. The van der Waals surface area contributed by atoms with E-state index in [2.05, 4.69) is 16.6 Å². The van der Waals surface area contributed by atoms with E-state index in [1.54, 1.807) is 0 Å². The Kier molecular flexibility index (Phi) is 7.01. The normalized spacial score (nSPS) is 20.7. The second-order valence-electron chi connectivity index (χ2n) is 5.91. The maximum Gasteiger partial charge on any atom is 0.233 e. The van der Waals surface area contributed by atoms with Gasteiger partial charge >= 0.3 is 0 Å². The predicted molar refractivity (Wildman–Crippen MR) is 105 cm³/mol. The van der Waals surface area contributed by atoms with Crippen LogP contribution in [-0.2, 0) is 15.8 Å². The van der Waals surface area contributed by atoms with Crippen molar-refractivity contribution in [1.82, 2.24) is 4.72 Å². The Labute approximate surface area is 151 Å². The molecule has 4 N–H and O–H groups in total. The van der Waals surface area contributed by atoms with E-state index >= 15 is 0 Å². The molecular formula is C19H25N3O2S. The molecule has 1 aromatic rings. The van der Waals surface area contributed by atoms with E-state index in [0.29, 0.717) is 0 Å². The second-order valence-corrected chi connectivity index (χ2v) is 7.28. The highest BCUT2D eigenvalue weighted by Gasteiger charge is 2.30. The highest BCUT2D eigenvalue weighted by atomic mass is 32.2. The molecule has 2 rings (SSSR count). The Hall–Kier alpha value is -2.34. The van der Waals surface area contributed by atoms with Gasteiger partial charge in [-0.05, 0) is 37.5 Å². The fourth-order valence-corrected chi connectivity index (χ4v) is 3.81. The summed E-state index contributed by atoms with van der Waals surface area (Å²) < 4.78 is 14.3. The summed E-state index contributed by atoms with van der Waals surface area (Å²) in [7, 11) is -1.34. The number of hydrogen-bond acceptors (Lipinski definition) is 4. The first-order chi connectivity index (χ1) is 12.0. The van der Waals surface area contributed by atoms with Crippen molar-refractivity contribution in [2.24, 2.45) is 0 Å². The van der Waals surface area contributed by atoms with Crippen LogP contribution in [0.3, 0.4) is 0 Å². The highest BCUT2D eigenvalue weighted by molar-refractivity contribution is 7.85. The summed E-state index contributed by atoms with van der Waals surface area (Å²) in [6.07, 6.45) is 7.79. The molecule has 1 aliphatic rings. The van der Waals surface area contributed by atoms with Gasteiger partial charge in [0.1, 0.15) is 11.0 Å². The van der Waals surface area contributed by atoms with Crippen LogP contribution in [0, 0.1) is 0 Å². The summed E-state index contributed by atoms with van der Waals surface area (Å²) in [5.41, 5.74) is 9.46. The molecule has 134 valence electrons. The molecule has 0 aromatic heterocycles. The van der Waals surface area contributed by atoms with Crippen LogP contribution < -0.4 is 15.8 Å². The number of hydrogen-bond donors (Lipinski definition) is 3. The molecule has 0 spiro atoms. The lowest BCUT2D eigenvalue weighted by Gasteiger charge is -2.09. The maximum absolute atomic E-state index is 11.9. The third kappa shape index (κ3) is 5.60. The first-order valence-electron chi connectivity index (χ1n) is 8.31. The van der Waals surface area contributed by atoms with Gasteiger partial charge in [0.05, 0.1) is 16.6 Å². The van der Waals surface area contributed by atoms with Gasteiger partial charge in [-0.3, -0.25) is 9.52 Å². The largest absolute Gasteiger partial charge is 0.397 e. The average molecular weight is 359 g/mol. The van der Waals surface area contributed by atoms with Crippen LogP contribution in [0.2, 0.25) is 0 Å². The lowest BCUT2D eigenvalue weighted by atomic mass is 10.1. The fourth-order valence-electron chi connectivity index (χ4n) is 2.59. The third-order valence-electron chi connectivity index (χ3n) is 4.01. The SMILES string of the molecule is C=C(/C=C\C(=C/C)C1CC(=O)NS1=O)CCCNc1ccccc1N. The number of para-hydroxylation sites is 2. The summed E-state index contributed by atoms with van der Waals surface area (Å²) >= 11 is 0. The number of nitrogen functional groups attached to an aromatic ring is 1. The number of amides is 1. The van der Waals surface area contributed by atoms with Gasteiger partial charge in [-0.15, -0.1) is 0 Å². The highest BCUT2D eigenvalue weighted by Crippen LogP contribution is 2.20. The summed E-state index contributed by atoms with van der Waals surface area (Å²) in [6.45, 7) is 6.75. The van der Waals surface area contributed by atoms with Gasteiger partial charge in [0.2, 0.25) is 5.91 Å². The van der Waals surface area contributed by atoms with Gasteiger partial charge in [-0.2, -0.15) is 0 Å². The summed E-state index contributed by atoms with van der Waals surface area (Å²) in [5.74, 6) is -0.166. The van der Waals surface area contributed by atoms with Crippen molar-refractivity contribution in [2.75, 3.05) is 17.6 Å². The molecule has 2 atom stereocenters. The lowest BCUT2D eigenvalue weighted by molar-refractivity contribution is -0.118. The van der Waals surface area contributed by atoms with Crippen LogP contribution in [0.1, 0.15) is 26.2 Å². The van der Waals surface area contributed by atoms with Crippen LogP contribution >= 0.6 is 0 Å². The molecule has 0 bridgehead atoms. The predicted octanol–water partition coefficient (Wildman–Crippen LogP) is 3.07. The van der Waals surface area contributed by atoms with Crippen molar-refractivity contribution in [3.05, 3.63) is 60.2 Å². The standard InChI is InChI=1S/C19H25N3O2S/c1-3-15(18-13-19(23)22-25(18)24)11-10-14(2)7-6-12-21-17-9-5-4-8-16(17)20/h3-5,8-11,18,21H,2,6-7,12-13,20H2,1H3,(H,22,23)/b11-10-,15-3+. The summed E-state index contributed by atoms with van der Waals surface area (Å²) in [4.78, 5) is 11.3. The van der Waals surface area contributed by atoms with E-state index in [9.17, 15) is 9.00 Å². The number of carbonyl (C=O) groups is 1. The Morgan fingerprint density at radius 1 is 1.44 bits per heavy atom. The van der Waals surface area contributed by atoms with Crippen molar-refractivity contribution >= 4 is 28.3 Å². The quantitative estimate of drug-likeness (QED) is 0.378. The zero-order valence-corrected chi connectivity index (χ0v) is 15.3. The molecule has 6 heteroatoms. The zero-order chi connectivity index (χ0) is 18.2. The number of anilines is 2. The van der Waals surface area contributed by atoms with Crippen molar-refractivity contribution in [3.8, 4) is 0 Å². The molecule has 1 heterocycles. The monoisotopic (exact) mass is 359 g/mol. The molecule has 1 amide bonds. The van der Waals surface area contributed by atoms with Gasteiger partial charge in [0.15, 0.2) is 0 Å². The van der Waals surface area contributed by atoms with Crippen LogP contribution in [-0.4, -0.2) is 21.9 Å².